The van der Waals surface area contributed by atoms with E-state index in [1.165, 1.54) is 18.3 Å². The van der Waals surface area contributed by atoms with Crippen LogP contribution >= 0.6 is 0 Å². The van der Waals surface area contributed by atoms with Gasteiger partial charge in [-0.1, -0.05) is 29.8 Å². The first-order valence-electron chi connectivity index (χ1n) is 8.55. The first-order valence-corrected chi connectivity index (χ1v) is 8.55. The molecule has 4 nitrogen and oxygen atoms in total. The number of carbonyl (C=O) groups is 1. The highest BCUT2D eigenvalue weighted by atomic mass is 19.4. The number of hydrogen-bond acceptors (Lipinski definition) is 3. The van der Waals surface area contributed by atoms with Gasteiger partial charge in [0.25, 0.3) is 5.91 Å². The third-order valence-electron chi connectivity index (χ3n) is 4.08. The van der Waals surface area contributed by atoms with Crippen LogP contribution in [0, 0.1) is 6.92 Å². The van der Waals surface area contributed by atoms with E-state index in [9.17, 15) is 18.0 Å². The van der Waals surface area contributed by atoms with E-state index in [-0.39, 0.29) is 5.91 Å². The molecule has 3 rings (SSSR count). The Kier molecular flexibility index (Phi) is 5.63. The van der Waals surface area contributed by atoms with Gasteiger partial charge >= 0.3 is 6.18 Å². The number of amides is 1. The molecule has 2 aromatic carbocycles. The molecular weight excluding hydrogens is 367 g/mol. The van der Waals surface area contributed by atoms with Gasteiger partial charge in [-0.25, -0.2) is 4.98 Å². The maximum absolute atomic E-state index is 12.6. The monoisotopic (exact) mass is 385 g/mol. The molecule has 0 atom stereocenters. The van der Waals surface area contributed by atoms with Crippen molar-refractivity contribution in [3.8, 4) is 0 Å². The number of hydrogen-bond donors (Lipinski definition) is 2. The Morgan fingerprint density at radius 1 is 1.00 bits per heavy atom. The topological polar surface area (TPSA) is 54.0 Å². The molecule has 0 aliphatic carbocycles. The van der Waals surface area contributed by atoms with Crippen LogP contribution in [0.1, 0.15) is 27.0 Å². The summed E-state index contributed by atoms with van der Waals surface area (Å²) in [5, 5.41) is 5.73. The van der Waals surface area contributed by atoms with E-state index in [0.717, 1.165) is 23.3 Å². The van der Waals surface area contributed by atoms with Crippen LogP contribution in [-0.2, 0) is 12.7 Å². The third kappa shape index (κ3) is 5.09. The summed E-state index contributed by atoms with van der Waals surface area (Å²) in [6.45, 7) is 2.38. The van der Waals surface area contributed by atoms with Crippen LogP contribution in [0.3, 0.4) is 0 Å². The lowest BCUT2D eigenvalue weighted by molar-refractivity contribution is -0.137. The summed E-state index contributed by atoms with van der Waals surface area (Å²) in [7, 11) is 0. The number of nitrogens with zero attached hydrogens (tertiary/aromatic N) is 1. The molecule has 1 heterocycles. The highest BCUT2D eigenvalue weighted by Gasteiger charge is 2.29. The highest BCUT2D eigenvalue weighted by molar-refractivity contribution is 5.94. The van der Waals surface area contributed by atoms with Crippen LogP contribution in [0.25, 0.3) is 0 Å². The molecule has 0 unspecified atom stereocenters. The van der Waals surface area contributed by atoms with E-state index in [2.05, 4.69) is 15.6 Å². The highest BCUT2D eigenvalue weighted by Crippen LogP contribution is 2.30. The van der Waals surface area contributed by atoms with Crippen molar-refractivity contribution >= 4 is 17.4 Å². The van der Waals surface area contributed by atoms with Gasteiger partial charge in [0, 0.05) is 24.0 Å². The largest absolute Gasteiger partial charge is 0.416 e. The lowest BCUT2D eigenvalue weighted by Gasteiger charge is -2.10. The Bertz CT molecular complexity index is 952. The van der Waals surface area contributed by atoms with Gasteiger partial charge < -0.3 is 10.6 Å². The summed E-state index contributed by atoms with van der Waals surface area (Å²) in [6.07, 6.45) is -2.92. The van der Waals surface area contributed by atoms with Crippen molar-refractivity contribution in [2.24, 2.45) is 0 Å². The van der Waals surface area contributed by atoms with Gasteiger partial charge in [0.15, 0.2) is 0 Å². The molecule has 0 saturated carbocycles. The minimum absolute atomic E-state index is 0.265. The van der Waals surface area contributed by atoms with Crippen molar-refractivity contribution in [2.75, 3.05) is 5.32 Å². The summed E-state index contributed by atoms with van der Waals surface area (Å²) in [6, 6.07) is 15.5. The Hall–Kier alpha value is -3.35. The number of anilines is 2. The Labute approximate surface area is 160 Å². The van der Waals surface area contributed by atoms with E-state index >= 15 is 0 Å². The van der Waals surface area contributed by atoms with Crippen molar-refractivity contribution in [1.29, 1.82) is 0 Å². The van der Waals surface area contributed by atoms with Crippen LogP contribution in [0.4, 0.5) is 24.7 Å². The second kappa shape index (κ2) is 8.12. The van der Waals surface area contributed by atoms with Gasteiger partial charge in [-0.05, 0) is 48.9 Å². The minimum atomic E-state index is -4.38. The second-order valence-electron chi connectivity index (χ2n) is 6.30. The number of aryl methyl sites for hydroxylation is 1. The number of carbonyl (C=O) groups excluding carboxylic acids is 1. The molecular formula is C21H18F3N3O. The molecule has 7 heteroatoms. The molecule has 0 aliphatic rings. The van der Waals surface area contributed by atoms with E-state index in [4.69, 9.17) is 0 Å². The maximum Gasteiger partial charge on any atom is 0.416 e. The number of halogens is 3. The Morgan fingerprint density at radius 3 is 2.32 bits per heavy atom. The molecule has 0 radical (unpaired) electrons. The average molecular weight is 385 g/mol. The van der Waals surface area contributed by atoms with E-state index in [1.807, 2.05) is 31.2 Å². The predicted molar refractivity (Wildman–Crippen MR) is 101 cm³/mol. The molecule has 2 N–H and O–H groups in total. The van der Waals surface area contributed by atoms with E-state index in [1.54, 1.807) is 12.1 Å². The van der Waals surface area contributed by atoms with E-state index in [0.29, 0.717) is 23.6 Å². The summed E-state index contributed by atoms with van der Waals surface area (Å²) in [4.78, 5) is 16.5. The molecule has 1 amide bonds. The van der Waals surface area contributed by atoms with Crippen molar-refractivity contribution in [2.45, 2.75) is 19.6 Å². The van der Waals surface area contributed by atoms with Crippen LogP contribution in [-0.4, -0.2) is 10.9 Å². The lowest BCUT2D eigenvalue weighted by atomic mass is 10.1. The fraction of sp³-hybridized carbons (Fsp3) is 0.143. The SMILES string of the molecule is Cc1ccc(CNC(=O)c2ccnc(Nc3ccc(C(F)(F)F)cc3)c2)cc1. The van der Waals surface area contributed by atoms with Crippen LogP contribution in [0.5, 0.6) is 0 Å². The zero-order valence-electron chi connectivity index (χ0n) is 15.0. The molecule has 0 saturated heterocycles. The normalized spacial score (nSPS) is 11.1. The van der Waals surface area contributed by atoms with Crippen molar-refractivity contribution in [3.05, 3.63) is 89.1 Å². The first-order chi connectivity index (χ1) is 13.3. The van der Waals surface area contributed by atoms with Gasteiger partial charge in [0.2, 0.25) is 0 Å². The van der Waals surface area contributed by atoms with Crippen molar-refractivity contribution in [3.63, 3.8) is 0 Å². The fourth-order valence-electron chi connectivity index (χ4n) is 2.52. The number of aromatic nitrogens is 1. The molecule has 0 fully saturated rings. The summed E-state index contributed by atoms with van der Waals surface area (Å²) in [5.74, 6) is 0.0983. The zero-order valence-corrected chi connectivity index (χ0v) is 15.0. The number of nitrogens with one attached hydrogen (secondary N) is 2. The van der Waals surface area contributed by atoms with Gasteiger partial charge in [-0.2, -0.15) is 13.2 Å². The molecule has 144 valence electrons. The second-order valence-corrected chi connectivity index (χ2v) is 6.30. The van der Waals surface area contributed by atoms with Crippen molar-refractivity contribution < 1.29 is 18.0 Å². The van der Waals surface area contributed by atoms with Gasteiger partial charge in [-0.3, -0.25) is 4.79 Å². The van der Waals surface area contributed by atoms with Gasteiger partial charge in [-0.15, -0.1) is 0 Å². The van der Waals surface area contributed by atoms with E-state index < -0.39 is 11.7 Å². The van der Waals surface area contributed by atoms with Gasteiger partial charge in [0.05, 0.1) is 5.56 Å². The molecule has 3 aromatic rings. The number of alkyl halides is 3. The summed E-state index contributed by atoms with van der Waals surface area (Å²) in [5.41, 5.74) is 2.24. The fourth-order valence-corrected chi connectivity index (χ4v) is 2.52. The molecule has 0 aliphatic heterocycles. The molecule has 1 aromatic heterocycles. The quantitative estimate of drug-likeness (QED) is 0.644. The van der Waals surface area contributed by atoms with Crippen molar-refractivity contribution in [1.82, 2.24) is 10.3 Å². The molecule has 0 bridgehead atoms. The van der Waals surface area contributed by atoms with Crippen LogP contribution in [0.15, 0.2) is 66.9 Å². The number of rotatable bonds is 5. The summed E-state index contributed by atoms with van der Waals surface area (Å²) < 4.78 is 37.9. The maximum atomic E-state index is 12.6. The lowest BCUT2D eigenvalue weighted by Crippen LogP contribution is -2.22. The predicted octanol–water partition coefficient (Wildman–Crippen LogP) is 5.08. The standard InChI is InChI=1S/C21H18F3N3O/c1-14-2-4-15(5-3-14)13-26-20(28)16-10-11-25-19(12-16)27-18-8-6-17(7-9-18)21(22,23)24/h2-12H,13H2,1H3,(H,25,27)(H,26,28). The van der Waals surface area contributed by atoms with Crippen LogP contribution in [0.2, 0.25) is 0 Å². The average Bonchev–Trinajstić information content (AvgIpc) is 2.67. The molecule has 0 spiro atoms. The Morgan fingerprint density at radius 2 is 1.68 bits per heavy atom. The third-order valence-corrected chi connectivity index (χ3v) is 4.08. The number of pyridine rings is 1. The van der Waals surface area contributed by atoms with Gasteiger partial charge in [0.1, 0.15) is 5.82 Å². The van der Waals surface area contributed by atoms with Crippen LogP contribution < -0.4 is 10.6 Å². The molecule has 28 heavy (non-hydrogen) atoms. The smallest absolute Gasteiger partial charge is 0.348 e. The first kappa shape index (κ1) is 19.4. The minimum Gasteiger partial charge on any atom is -0.348 e. The zero-order chi connectivity index (χ0) is 20.1. The number of benzene rings is 2. The summed E-state index contributed by atoms with van der Waals surface area (Å²) >= 11 is 0. The Balaban J connectivity index is 1.64.